The predicted molar refractivity (Wildman–Crippen MR) is 113 cm³/mol. The Morgan fingerprint density at radius 3 is 2.32 bits per heavy atom. The Morgan fingerprint density at radius 1 is 1.16 bits per heavy atom. The summed E-state index contributed by atoms with van der Waals surface area (Å²) in [6, 6.07) is 5.97. The molecule has 0 spiro atoms. The maximum Gasteiger partial charge on any atom is 0.422 e. The van der Waals surface area contributed by atoms with E-state index in [2.05, 4.69) is 20.9 Å². The van der Waals surface area contributed by atoms with Crippen LogP contribution in [0.4, 0.5) is 24.7 Å². The zero-order valence-electron chi connectivity index (χ0n) is 16.4. The molecule has 1 saturated heterocycles. The Balaban J connectivity index is 1.89. The number of aromatic nitrogens is 1. The number of anilines is 2. The van der Waals surface area contributed by atoms with Crippen LogP contribution in [0.15, 0.2) is 39.8 Å². The number of benzene rings is 1. The van der Waals surface area contributed by atoms with Crippen LogP contribution in [0, 0.1) is 0 Å². The highest BCUT2D eigenvalue weighted by atomic mass is 79.9. The first kappa shape index (κ1) is 23.3. The van der Waals surface area contributed by atoms with Crippen molar-refractivity contribution in [3.63, 3.8) is 0 Å². The lowest BCUT2D eigenvalue weighted by molar-refractivity contribution is -0.153. The van der Waals surface area contributed by atoms with E-state index in [0.717, 1.165) is 22.6 Å². The predicted octanol–water partition coefficient (Wildman–Crippen LogP) is 3.33. The highest BCUT2D eigenvalue weighted by molar-refractivity contribution is 9.10. The van der Waals surface area contributed by atoms with E-state index in [9.17, 15) is 26.4 Å². The summed E-state index contributed by atoms with van der Waals surface area (Å²) in [6.45, 7) is 0.255. The van der Waals surface area contributed by atoms with Crippen LogP contribution in [-0.2, 0) is 9.84 Å². The van der Waals surface area contributed by atoms with Crippen LogP contribution in [0.2, 0.25) is 0 Å². The summed E-state index contributed by atoms with van der Waals surface area (Å²) in [5.74, 6) is 0.448. The smallest absolute Gasteiger partial charge is 0.422 e. The Kier molecular flexibility index (Phi) is 6.79. The first-order valence-corrected chi connectivity index (χ1v) is 11.8. The van der Waals surface area contributed by atoms with E-state index in [-0.39, 0.29) is 28.2 Å². The van der Waals surface area contributed by atoms with Crippen molar-refractivity contribution in [3.8, 4) is 5.75 Å². The molecular weight excluding hydrogens is 503 g/mol. The first-order chi connectivity index (χ1) is 14.5. The lowest BCUT2D eigenvalue weighted by atomic mass is 10.1. The molecule has 168 valence electrons. The summed E-state index contributed by atoms with van der Waals surface area (Å²) in [4.78, 5) is 19.3. The maximum atomic E-state index is 12.6. The molecule has 2 aromatic rings. The summed E-state index contributed by atoms with van der Waals surface area (Å²) in [5, 5.41) is 0. The van der Waals surface area contributed by atoms with Crippen molar-refractivity contribution in [2.45, 2.75) is 11.1 Å². The zero-order valence-corrected chi connectivity index (χ0v) is 18.8. The van der Waals surface area contributed by atoms with Crippen molar-refractivity contribution in [1.29, 1.82) is 0 Å². The van der Waals surface area contributed by atoms with E-state index in [1.807, 2.05) is 17.0 Å². The zero-order chi connectivity index (χ0) is 22.8. The number of aldehydes is 1. The number of alkyl halides is 3. The number of sulfone groups is 1. The molecule has 31 heavy (non-hydrogen) atoms. The second-order valence-corrected chi connectivity index (χ2v) is 9.86. The van der Waals surface area contributed by atoms with Crippen LogP contribution >= 0.6 is 15.9 Å². The molecule has 0 radical (unpaired) electrons. The quantitative estimate of drug-likeness (QED) is 0.539. The van der Waals surface area contributed by atoms with E-state index in [1.54, 1.807) is 11.1 Å². The molecule has 1 aromatic carbocycles. The van der Waals surface area contributed by atoms with Gasteiger partial charge in [-0.2, -0.15) is 13.2 Å². The second-order valence-electron chi connectivity index (χ2n) is 6.96. The largest absolute Gasteiger partial charge is 0.483 e. The monoisotopic (exact) mass is 521 g/mol. The Hall–Kier alpha value is -2.34. The van der Waals surface area contributed by atoms with Gasteiger partial charge in [-0.3, -0.25) is 4.79 Å². The normalized spacial score (nSPS) is 15.1. The summed E-state index contributed by atoms with van der Waals surface area (Å²) in [6.07, 6.45) is -1.66. The van der Waals surface area contributed by atoms with Gasteiger partial charge in [0.15, 0.2) is 22.7 Å². The first-order valence-electron chi connectivity index (χ1n) is 9.12. The third-order valence-electron chi connectivity index (χ3n) is 4.67. The molecule has 1 fully saturated rings. The van der Waals surface area contributed by atoms with Crippen molar-refractivity contribution in [2.24, 2.45) is 0 Å². The number of pyridine rings is 1. The summed E-state index contributed by atoms with van der Waals surface area (Å²) in [7, 11) is -3.76. The minimum absolute atomic E-state index is 0.135. The molecule has 7 nitrogen and oxygen atoms in total. The number of halogens is 4. The number of hydrogen-bond acceptors (Lipinski definition) is 7. The lowest BCUT2D eigenvalue weighted by Gasteiger charge is -2.37. The van der Waals surface area contributed by atoms with Gasteiger partial charge >= 0.3 is 6.18 Å². The van der Waals surface area contributed by atoms with Gasteiger partial charge in [0.05, 0.1) is 16.1 Å². The highest BCUT2D eigenvalue weighted by Crippen LogP contribution is 2.34. The van der Waals surface area contributed by atoms with Crippen LogP contribution in [0.25, 0.3) is 0 Å². The van der Waals surface area contributed by atoms with Gasteiger partial charge in [-0.15, -0.1) is 0 Å². The fourth-order valence-corrected chi connectivity index (χ4v) is 4.36. The van der Waals surface area contributed by atoms with Gasteiger partial charge in [0, 0.05) is 49.2 Å². The van der Waals surface area contributed by atoms with Gasteiger partial charge in [-0.25, -0.2) is 13.4 Å². The molecule has 0 N–H and O–H groups in total. The van der Waals surface area contributed by atoms with Gasteiger partial charge in [0.1, 0.15) is 11.6 Å². The Labute approximate surface area is 185 Å². The number of piperazine rings is 1. The van der Waals surface area contributed by atoms with Gasteiger partial charge in [-0.1, -0.05) is 0 Å². The molecule has 2 heterocycles. The second kappa shape index (κ2) is 9.03. The molecule has 0 bridgehead atoms. The third-order valence-corrected chi connectivity index (χ3v) is 6.26. The van der Waals surface area contributed by atoms with Crippen molar-refractivity contribution in [2.75, 3.05) is 48.8 Å². The lowest BCUT2D eigenvalue weighted by Crippen LogP contribution is -2.47. The van der Waals surface area contributed by atoms with E-state index in [4.69, 9.17) is 4.74 Å². The Bertz CT molecular complexity index is 1050. The average Bonchev–Trinajstić information content (AvgIpc) is 2.71. The third kappa shape index (κ3) is 5.88. The van der Waals surface area contributed by atoms with Crippen LogP contribution in [0.5, 0.6) is 5.75 Å². The molecule has 12 heteroatoms. The minimum atomic E-state index is -4.60. The number of hydrogen-bond donors (Lipinski definition) is 0. The summed E-state index contributed by atoms with van der Waals surface area (Å²) in [5.41, 5.74) is -0.0557. The van der Waals surface area contributed by atoms with Gasteiger partial charge in [0.2, 0.25) is 0 Å². The van der Waals surface area contributed by atoms with Gasteiger partial charge in [-0.05, 0) is 34.1 Å². The fraction of sp³-hybridized carbons (Fsp3) is 0.368. The molecule has 0 unspecified atom stereocenters. The van der Waals surface area contributed by atoms with Gasteiger partial charge < -0.3 is 14.5 Å². The van der Waals surface area contributed by atoms with Crippen molar-refractivity contribution >= 4 is 43.6 Å². The molecular formula is C19H19BrF3N3O4S. The number of ether oxygens (including phenoxy) is 1. The summed E-state index contributed by atoms with van der Waals surface area (Å²) >= 11 is 3.33. The number of nitrogens with zero attached hydrogens (tertiary/aromatic N) is 3. The van der Waals surface area contributed by atoms with Gasteiger partial charge in [0.25, 0.3) is 0 Å². The van der Waals surface area contributed by atoms with Crippen LogP contribution in [-0.4, -0.2) is 64.9 Å². The minimum Gasteiger partial charge on any atom is -0.483 e. The van der Waals surface area contributed by atoms with Crippen LogP contribution in [0.3, 0.4) is 0 Å². The molecule has 0 aliphatic carbocycles. The van der Waals surface area contributed by atoms with Crippen LogP contribution in [0.1, 0.15) is 10.4 Å². The SMILES string of the molecule is CS(=O)(=O)c1cc(C=O)c(OCC(F)(F)F)cc1N1CCN(c2ccc(Br)cn2)CC1. The van der Waals surface area contributed by atoms with Crippen molar-refractivity contribution in [1.82, 2.24) is 4.98 Å². The van der Waals surface area contributed by atoms with E-state index in [1.165, 1.54) is 6.07 Å². The molecule has 1 aliphatic rings. The van der Waals surface area contributed by atoms with E-state index < -0.39 is 22.6 Å². The molecule has 1 aromatic heterocycles. The number of carbonyl (C=O) groups is 1. The van der Waals surface area contributed by atoms with Crippen LogP contribution < -0.4 is 14.5 Å². The Morgan fingerprint density at radius 2 is 1.81 bits per heavy atom. The molecule has 1 aliphatic heterocycles. The molecule has 0 saturated carbocycles. The van der Waals surface area contributed by atoms with Crippen molar-refractivity contribution in [3.05, 3.63) is 40.5 Å². The topological polar surface area (TPSA) is 79.8 Å². The fourth-order valence-electron chi connectivity index (χ4n) is 3.22. The maximum absolute atomic E-state index is 12.6. The number of rotatable bonds is 6. The van der Waals surface area contributed by atoms with E-state index in [0.29, 0.717) is 26.2 Å². The summed E-state index contributed by atoms with van der Waals surface area (Å²) < 4.78 is 68.1. The number of carbonyl (C=O) groups excluding carboxylic acids is 1. The molecule has 3 rings (SSSR count). The average molecular weight is 522 g/mol. The standard InChI is InChI=1S/C19H19BrF3N3O4S/c1-31(28,29)17-8-13(11-27)16(30-12-19(21,22)23)9-15(17)25-4-6-26(7-5-25)18-3-2-14(20)10-24-18/h2-3,8-11H,4-7,12H2,1H3. The van der Waals surface area contributed by atoms with E-state index >= 15 is 0 Å². The molecule has 0 atom stereocenters. The highest BCUT2D eigenvalue weighted by Gasteiger charge is 2.30. The molecule has 0 amide bonds. The van der Waals surface area contributed by atoms with Crippen molar-refractivity contribution < 1.29 is 31.1 Å².